The first-order valence-electron chi connectivity index (χ1n) is 7.00. The summed E-state index contributed by atoms with van der Waals surface area (Å²) < 4.78 is 12.1. The average molecular weight is 302 g/mol. The van der Waals surface area contributed by atoms with E-state index in [1.165, 1.54) is 6.42 Å². The highest BCUT2D eigenvalue weighted by Gasteiger charge is 2.05. The maximum absolute atomic E-state index is 12.1. The lowest BCUT2D eigenvalue weighted by Gasteiger charge is -2.12. The van der Waals surface area contributed by atoms with Gasteiger partial charge in [-0.15, -0.1) is 0 Å². The van der Waals surface area contributed by atoms with Crippen molar-refractivity contribution in [2.75, 3.05) is 12.3 Å². The van der Waals surface area contributed by atoms with Crippen molar-refractivity contribution in [1.29, 1.82) is 0 Å². The number of nitrogens with one attached hydrogen (secondary N) is 1. The Kier molecular flexibility index (Phi) is 8.35. The number of benzene rings is 1. The second kappa shape index (κ2) is 9.51. The van der Waals surface area contributed by atoms with E-state index >= 15 is 0 Å². The minimum atomic E-state index is -0.919. The van der Waals surface area contributed by atoms with Gasteiger partial charge in [-0.25, -0.2) is 0 Å². The van der Waals surface area contributed by atoms with Gasteiger partial charge in [0.05, 0.1) is 10.8 Å². The van der Waals surface area contributed by atoms with Gasteiger partial charge in [0.25, 0.3) is 0 Å². The van der Waals surface area contributed by atoms with Gasteiger partial charge in [-0.2, -0.15) is 0 Å². The van der Waals surface area contributed by atoms with Crippen molar-refractivity contribution in [3.8, 4) is 0 Å². The first kappa shape index (κ1) is 16.7. The van der Waals surface area contributed by atoms with Crippen LogP contribution in [0, 0.1) is 0 Å². The van der Waals surface area contributed by atoms with Crippen molar-refractivity contribution in [2.45, 2.75) is 50.5 Å². The highest BCUT2D eigenvalue weighted by molar-refractivity contribution is 7.85. The Hall–Kier alpha value is -0.380. The molecule has 2 atom stereocenters. The average Bonchev–Trinajstić information content (AvgIpc) is 2.41. The molecular formula is C15H24ClNOS. The molecule has 0 amide bonds. The van der Waals surface area contributed by atoms with Gasteiger partial charge in [-0.3, -0.25) is 4.21 Å². The van der Waals surface area contributed by atoms with Crippen LogP contribution in [0.25, 0.3) is 0 Å². The zero-order valence-corrected chi connectivity index (χ0v) is 13.4. The van der Waals surface area contributed by atoms with Crippen molar-refractivity contribution >= 4 is 22.4 Å². The molecule has 1 aromatic rings. The summed E-state index contributed by atoms with van der Waals surface area (Å²) >= 11 is 5.90. The molecule has 0 spiro atoms. The van der Waals surface area contributed by atoms with Gasteiger partial charge in [0.2, 0.25) is 0 Å². The SMILES string of the molecule is CCCNC(C)CCCCS(=O)c1cccc(Cl)c1. The number of hydrogen-bond donors (Lipinski definition) is 1. The van der Waals surface area contributed by atoms with Crippen LogP contribution in [0.2, 0.25) is 5.02 Å². The van der Waals surface area contributed by atoms with E-state index in [0.29, 0.717) is 11.1 Å². The second-order valence-electron chi connectivity index (χ2n) is 4.86. The zero-order valence-electron chi connectivity index (χ0n) is 11.8. The molecular weight excluding hydrogens is 278 g/mol. The Morgan fingerprint density at radius 2 is 2.16 bits per heavy atom. The fraction of sp³-hybridized carbons (Fsp3) is 0.600. The van der Waals surface area contributed by atoms with Crippen molar-refractivity contribution in [3.63, 3.8) is 0 Å². The van der Waals surface area contributed by atoms with Crippen LogP contribution < -0.4 is 5.32 Å². The highest BCUT2D eigenvalue weighted by atomic mass is 35.5. The lowest BCUT2D eigenvalue weighted by molar-refractivity contribution is 0.495. The van der Waals surface area contributed by atoms with Gasteiger partial charge in [-0.1, -0.05) is 31.0 Å². The molecule has 0 saturated heterocycles. The predicted octanol–water partition coefficient (Wildman–Crippen LogP) is 4.01. The van der Waals surface area contributed by atoms with E-state index in [4.69, 9.17) is 11.6 Å². The molecule has 0 saturated carbocycles. The molecule has 0 aliphatic carbocycles. The molecule has 0 aliphatic heterocycles. The minimum absolute atomic E-state index is 0.555. The van der Waals surface area contributed by atoms with Crippen molar-refractivity contribution in [2.24, 2.45) is 0 Å². The van der Waals surface area contributed by atoms with Crippen molar-refractivity contribution in [1.82, 2.24) is 5.32 Å². The number of rotatable bonds is 9. The highest BCUT2D eigenvalue weighted by Crippen LogP contribution is 2.15. The Bertz CT molecular complexity index is 397. The molecule has 0 heterocycles. The molecule has 2 unspecified atom stereocenters. The second-order valence-corrected chi connectivity index (χ2v) is 6.87. The zero-order chi connectivity index (χ0) is 14.1. The molecule has 19 heavy (non-hydrogen) atoms. The third-order valence-corrected chi connectivity index (χ3v) is 4.69. The summed E-state index contributed by atoms with van der Waals surface area (Å²) in [6.45, 7) is 5.47. The topological polar surface area (TPSA) is 29.1 Å². The van der Waals surface area contributed by atoms with Crippen LogP contribution >= 0.6 is 11.6 Å². The molecule has 1 N–H and O–H groups in total. The lowest BCUT2D eigenvalue weighted by Crippen LogP contribution is -2.26. The minimum Gasteiger partial charge on any atom is -0.314 e. The number of unbranched alkanes of at least 4 members (excludes halogenated alkanes) is 1. The van der Waals surface area contributed by atoms with Crippen LogP contribution in [0.15, 0.2) is 29.2 Å². The fourth-order valence-electron chi connectivity index (χ4n) is 1.90. The Morgan fingerprint density at radius 3 is 2.84 bits per heavy atom. The standard InChI is InChI=1S/C15H24ClNOS/c1-3-10-17-13(2)7-4-5-11-19(18)15-9-6-8-14(16)12-15/h6,8-9,12-13,17H,3-5,7,10-11H2,1-2H3. The molecule has 0 fully saturated rings. The van der Waals surface area contributed by atoms with Crippen LogP contribution in [0.1, 0.15) is 39.5 Å². The van der Waals surface area contributed by atoms with E-state index in [-0.39, 0.29) is 0 Å². The van der Waals surface area contributed by atoms with Gasteiger partial charge >= 0.3 is 0 Å². The maximum atomic E-state index is 12.1. The third-order valence-electron chi connectivity index (χ3n) is 3.02. The summed E-state index contributed by atoms with van der Waals surface area (Å²) in [6, 6.07) is 7.89. The molecule has 108 valence electrons. The van der Waals surface area contributed by atoms with Crippen LogP contribution in [0.5, 0.6) is 0 Å². The summed E-state index contributed by atoms with van der Waals surface area (Å²) in [4.78, 5) is 0.838. The molecule has 0 aliphatic rings. The first-order valence-corrected chi connectivity index (χ1v) is 8.70. The van der Waals surface area contributed by atoms with Crippen LogP contribution in [-0.2, 0) is 10.8 Å². The van der Waals surface area contributed by atoms with Crippen LogP contribution in [0.3, 0.4) is 0 Å². The van der Waals surface area contributed by atoms with Crippen molar-refractivity contribution < 1.29 is 4.21 Å². The normalized spacial score (nSPS) is 14.3. The summed E-state index contributed by atoms with van der Waals surface area (Å²) in [6.07, 6.45) is 4.43. The van der Waals surface area contributed by atoms with Gasteiger partial charge in [0.1, 0.15) is 0 Å². The Morgan fingerprint density at radius 1 is 1.37 bits per heavy atom. The van der Waals surface area contributed by atoms with E-state index in [1.54, 1.807) is 6.07 Å². The predicted molar refractivity (Wildman–Crippen MR) is 84.3 cm³/mol. The van der Waals surface area contributed by atoms with E-state index < -0.39 is 10.8 Å². The maximum Gasteiger partial charge on any atom is 0.0530 e. The van der Waals surface area contributed by atoms with E-state index in [9.17, 15) is 4.21 Å². The molecule has 0 bridgehead atoms. The van der Waals surface area contributed by atoms with E-state index in [2.05, 4.69) is 19.2 Å². The summed E-state index contributed by atoms with van der Waals surface area (Å²) in [5.41, 5.74) is 0. The largest absolute Gasteiger partial charge is 0.314 e. The number of halogens is 1. The quantitative estimate of drug-likeness (QED) is 0.698. The molecule has 1 rings (SSSR count). The molecule has 1 aromatic carbocycles. The Labute approximate surface area is 124 Å². The number of hydrogen-bond acceptors (Lipinski definition) is 2. The molecule has 2 nitrogen and oxygen atoms in total. The van der Waals surface area contributed by atoms with Gasteiger partial charge < -0.3 is 5.32 Å². The van der Waals surface area contributed by atoms with E-state index in [0.717, 1.165) is 36.5 Å². The monoisotopic (exact) mass is 301 g/mol. The van der Waals surface area contributed by atoms with Crippen molar-refractivity contribution in [3.05, 3.63) is 29.3 Å². The van der Waals surface area contributed by atoms with E-state index in [1.807, 2.05) is 18.2 Å². The van der Waals surface area contributed by atoms with Gasteiger partial charge in [0.15, 0.2) is 0 Å². The molecule has 0 aromatic heterocycles. The lowest BCUT2D eigenvalue weighted by atomic mass is 10.1. The summed E-state index contributed by atoms with van der Waals surface area (Å²) in [7, 11) is -0.919. The fourth-order valence-corrected chi connectivity index (χ4v) is 3.35. The summed E-state index contributed by atoms with van der Waals surface area (Å²) in [5, 5.41) is 4.12. The third kappa shape index (κ3) is 7.09. The molecule has 4 heteroatoms. The van der Waals surface area contributed by atoms with Crippen LogP contribution in [0.4, 0.5) is 0 Å². The van der Waals surface area contributed by atoms with Gasteiger partial charge in [0, 0.05) is 21.7 Å². The Balaban J connectivity index is 2.21. The van der Waals surface area contributed by atoms with Gasteiger partial charge in [-0.05, 0) is 50.9 Å². The smallest absolute Gasteiger partial charge is 0.0530 e. The first-order chi connectivity index (χ1) is 9.13. The van der Waals surface area contributed by atoms with Crippen LogP contribution in [-0.4, -0.2) is 22.5 Å². The molecule has 0 radical (unpaired) electrons. The summed E-state index contributed by atoms with van der Waals surface area (Å²) in [5.74, 6) is 0.723.